The molecule has 1 N–H and O–H groups in total. The third-order valence-corrected chi connectivity index (χ3v) is 5.40. The van der Waals surface area contributed by atoms with E-state index < -0.39 is 17.6 Å². The smallest absolute Gasteiger partial charge is 0.422 e. The second-order valence-electron chi connectivity index (χ2n) is 7.81. The van der Waals surface area contributed by atoms with Crippen LogP contribution in [0.3, 0.4) is 0 Å². The Morgan fingerprint density at radius 2 is 2.00 bits per heavy atom. The van der Waals surface area contributed by atoms with Gasteiger partial charge in [-0.2, -0.15) is 13.2 Å². The molecule has 1 heterocycles. The number of benzene rings is 2. The van der Waals surface area contributed by atoms with E-state index in [1.54, 1.807) is 20.1 Å². The van der Waals surface area contributed by atoms with Gasteiger partial charge in [0.2, 0.25) is 0 Å². The van der Waals surface area contributed by atoms with Crippen LogP contribution >= 0.6 is 0 Å². The number of aryl methyl sites for hydroxylation is 1. The standard InChI is InChI=1S/C23H28F4N2O2/c1-16-8-9-20(31-19-7-3-6-18(24)13-19)21(23(25,26)27)22(16)29-11-4-5-17(15-29)14-28-10-12-30-2/h3,6-9,13,17,28H,4-5,10-12,14-15H2,1-2H3/t17-/m0/s1. The maximum atomic E-state index is 14.2. The first-order chi connectivity index (χ1) is 14.8. The minimum Gasteiger partial charge on any atom is -0.457 e. The van der Waals surface area contributed by atoms with Gasteiger partial charge in [0, 0.05) is 32.8 Å². The Hall–Kier alpha value is -2.32. The molecular weight excluding hydrogens is 412 g/mol. The van der Waals surface area contributed by atoms with Crippen molar-refractivity contribution in [2.75, 3.05) is 44.8 Å². The first-order valence-electron chi connectivity index (χ1n) is 10.4. The zero-order chi connectivity index (χ0) is 22.4. The lowest BCUT2D eigenvalue weighted by Gasteiger charge is -2.37. The summed E-state index contributed by atoms with van der Waals surface area (Å²) in [6.45, 7) is 4.76. The number of rotatable bonds is 8. The highest BCUT2D eigenvalue weighted by Crippen LogP contribution is 2.46. The summed E-state index contributed by atoms with van der Waals surface area (Å²) in [7, 11) is 1.63. The summed E-state index contributed by atoms with van der Waals surface area (Å²) in [4.78, 5) is 1.81. The van der Waals surface area contributed by atoms with E-state index in [1.807, 2.05) is 4.90 Å². The molecule has 0 saturated carbocycles. The van der Waals surface area contributed by atoms with Crippen molar-refractivity contribution >= 4 is 5.69 Å². The fraction of sp³-hybridized carbons (Fsp3) is 0.478. The molecule has 8 heteroatoms. The normalized spacial score (nSPS) is 17.1. The average molecular weight is 440 g/mol. The van der Waals surface area contributed by atoms with Crippen LogP contribution in [0.15, 0.2) is 36.4 Å². The minimum atomic E-state index is -4.62. The Balaban J connectivity index is 1.90. The van der Waals surface area contributed by atoms with Crippen LogP contribution < -0.4 is 15.0 Å². The summed E-state index contributed by atoms with van der Waals surface area (Å²) in [5.41, 5.74) is -0.139. The number of methoxy groups -OCH3 is 1. The van der Waals surface area contributed by atoms with E-state index in [1.165, 1.54) is 24.3 Å². The summed E-state index contributed by atoms with van der Waals surface area (Å²) in [6.07, 6.45) is -2.85. The van der Waals surface area contributed by atoms with Crippen LogP contribution in [0, 0.1) is 18.7 Å². The molecule has 31 heavy (non-hydrogen) atoms. The number of nitrogens with one attached hydrogen (secondary N) is 1. The monoisotopic (exact) mass is 440 g/mol. The minimum absolute atomic E-state index is 0.0270. The van der Waals surface area contributed by atoms with E-state index in [-0.39, 0.29) is 23.1 Å². The third-order valence-electron chi connectivity index (χ3n) is 5.40. The molecular formula is C23H28F4N2O2. The van der Waals surface area contributed by atoms with Gasteiger partial charge in [0.15, 0.2) is 0 Å². The molecule has 0 spiro atoms. The zero-order valence-electron chi connectivity index (χ0n) is 17.8. The Labute approximate surface area is 180 Å². The average Bonchev–Trinajstić information content (AvgIpc) is 2.72. The maximum absolute atomic E-state index is 14.2. The number of alkyl halides is 3. The number of nitrogens with zero attached hydrogens (tertiary/aromatic N) is 1. The van der Waals surface area contributed by atoms with Crippen molar-refractivity contribution in [3.63, 3.8) is 0 Å². The van der Waals surface area contributed by atoms with Gasteiger partial charge in [0.1, 0.15) is 22.9 Å². The molecule has 1 saturated heterocycles. The Morgan fingerprint density at radius 1 is 1.19 bits per heavy atom. The molecule has 0 unspecified atom stereocenters. The Morgan fingerprint density at radius 3 is 2.71 bits per heavy atom. The number of hydrogen-bond acceptors (Lipinski definition) is 4. The third kappa shape index (κ3) is 6.11. The second-order valence-corrected chi connectivity index (χ2v) is 7.81. The molecule has 0 bridgehead atoms. The van der Waals surface area contributed by atoms with Gasteiger partial charge in [-0.15, -0.1) is 0 Å². The zero-order valence-corrected chi connectivity index (χ0v) is 17.8. The van der Waals surface area contributed by atoms with Crippen molar-refractivity contribution in [1.29, 1.82) is 0 Å². The van der Waals surface area contributed by atoms with E-state index >= 15 is 0 Å². The SMILES string of the molecule is COCCNC[C@@H]1CCCN(c2c(C)ccc(Oc3cccc(F)c3)c2C(F)(F)F)C1. The lowest BCUT2D eigenvalue weighted by atomic mass is 9.95. The van der Waals surface area contributed by atoms with E-state index in [4.69, 9.17) is 9.47 Å². The van der Waals surface area contributed by atoms with Gasteiger partial charge >= 0.3 is 6.18 Å². The fourth-order valence-electron chi connectivity index (χ4n) is 4.02. The molecule has 0 radical (unpaired) electrons. The van der Waals surface area contributed by atoms with Gasteiger partial charge in [0.25, 0.3) is 0 Å². The number of halogens is 4. The van der Waals surface area contributed by atoms with Gasteiger partial charge in [-0.3, -0.25) is 0 Å². The largest absolute Gasteiger partial charge is 0.457 e. The molecule has 4 nitrogen and oxygen atoms in total. The molecule has 170 valence electrons. The number of hydrogen-bond donors (Lipinski definition) is 1. The van der Waals surface area contributed by atoms with Crippen molar-refractivity contribution in [2.24, 2.45) is 5.92 Å². The van der Waals surface area contributed by atoms with Crippen molar-refractivity contribution in [3.05, 3.63) is 53.3 Å². The summed E-state index contributed by atoms with van der Waals surface area (Å²) in [5.74, 6) is -0.629. The predicted octanol–water partition coefficient (Wildman–Crippen LogP) is 5.40. The molecule has 2 aromatic carbocycles. The topological polar surface area (TPSA) is 33.7 Å². The molecule has 1 aliphatic heterocycles. The predicted molar refractivity (Wildman–Crippen MR) is 112 cm³/mol. The lowest BCUT2D eigenvalue weighted by Crippen LogP contribution is -2.41. The van der Waals surface area contributed by atoms with Crippen LogP contribution in [-0.4, -0.2) is 39.9 Å². The van der Waals surface area contributed by atoms with E-state index in [2.05, 4.69) is 5.32 Å². The summed E-state index contributed by atoms with van der Waals surface area (Å²) >= 11 is 0. The van der Waals surface area contributed by atoms with Crippen molar-refractivity contribution in [2.45, 2.75) is 25.9 Å². The van der Waals surface area contributed by atoms with Gasteiger partial charge in [-0.1, -0.05) is 12.1 Å². The van der Waals surface area contributed by atoms with Crippen LogP contribution in [0.1, 0.15) is 24.0 Å². The highest BCUT2D eigenvalue weighted by atomic mass is 19.4. The molecule has 1 atom stereocenters. The first kappa shape index (κ1) is 23.3. The van der Waals surface area contributed by atoms with Crippen LogP contribution in [0.2, 0.25) is 0 Å². The molecule has 0 aliphatic carbocycles. The van der Waals surface area contributed by atoms with Gasteiger partial charge in [0.05, 0.1) is 12.3 Å². The molecule has 1 aliphatic rings. The lowest BCUT2D eigenvalue weighted by molar-refractivity contribution is -0.138. The number of anilines is 1. The highest BCUT2D eigenvalue weighted by Gasteiger charge is 2.40. The van der Waals surface area contributed by atoms with Crippen LogP contribution in [0.25, 0.3) is 0 Å². The molecule has 1 fully saturated rings. The van der Waals surface area contributed by atoms with Crippen molar-refractivity contribution < 1.29 is 27.0 Å². The molecule has 2 aromatic rings. The molecule has 0 amide bonds. The van der Waals surface area contributed by atoms with Crippen LogP contribution in [0.5, 0.6) is 11.5 Å². The molecule has 3 rings (SSSR count). The first-order valence-corrected chi connectivity index (χ1v) is 10.4. The number of ether oxygens (including phenoxy) is 2. The fourth-order valence-corrected chi connectivity index (χ4v) is 4.02. The van der Waals surface area contributed by atoms with E-state index in [9.17, 15) is 17.6 Å². The van der Waals surface area contributed by atoms with E-state index in [0.717, 1.165) is 25.5 Å². The van der Waals surface area contributed by atoms with Gasteiger partial charge < -0.3 is 19.7 Å². The Kier molecular flexibility index (Phi) is 7.78. The van der Waals surface area contributed by atoms with Crippen molar-refractivity contribution in [1.82, 2.24) is 5.32 Å². The summed E-state index contributed by atoms with van der Waals surface area (Å²) < 4.78 is 66.7. The Bertz CT molecular complexity index is 873. The summed E-state index contributed by atoms with van der Waals surface area (Å²) in [5, 5.41) is 3.30. The summed E-state index contributed by atoms with van der Waals surface area (Å²) in [6, 6.07) is 8.05. The van der Waals surface area contributed by atoms with E-state index in [0.29, 0.717) is 31.8 Å². The molecule has 0 aromatic heterocycles. The van der Waals surface area contributed by atoms with Gasteiger partial charge in [-0.05, 0) is 56.0 Å². The quantitative estimate of drug-likeness (QED) is 0.440. The number of piperidine rings is 1. The van der Waals surface area contributed by atoms with Crippen molar-refractivity contribution in [3.8, 4) is 11.5 Å². The van der Waals surface area contributed by atoms with Gasteiger partial charge in [-0.25, -0.2) is 4.39 Å². The van der Waals surface area contributed by atoms with Crippen LogP contribution in [-0.2, 0) is 10.9 Å². The maximum Gasteiger partial charge on any atom is 0.422 e. The second kappa shape index (κ2) is 10.3. The highest BCUT2D eigenvalue weighted by molar-refractivity contribution is 5.66. The van der Waals surface area contributed by atoms with Crippen LogP contribution in [0.4, 0.5) is 23.2 Å².